The maximum Gasteiger partial charge on any atom is 0.206 e. The molecule has 0 bridgehead atoms. The molecule has 19 heavy (non-hydrogen) atoms. The number of halogens is 1. The van der Waals surface area contributed by atoms with Crippen LogP contribution in [0.5, 0.6) is 0 Å². The van der Waals surface area contributed by atoms with Gasteiger partial charge in [0.2, 0.25) is 5.13 Å². The maximum atomic E-state index is 5.86. The van der Waals surface area contributed by atoms with Crippen LogP contribution in [0, 0.1) is 5.92 Å². The number of benzene rings is 1. The van der Waals surface area contributed by atoms with E-state index >= 15 is 0 Å². The van der Waals surface area contributed by atoms with Crippen LogP contribution in [0.4, 0.5) is 5.13 Å². The van der Waals surface area contributed by atoms with E-state index in [2.05, 4.69) is 29.4 Å². The molecule has 1 N–H and O–H groups in total. The number of rotatable bonds is 6. The van der Waals surface area contributed by atoms with Gasteiger partial charge in [0.1, 0.15) is 0 Å². The third-order valence-electron chi connectivity index (χ3n) is 2.34. The molecule has 0 aliphatic carbocycles. The third-order valence-corrected chi connectivity index (χ3v) is 4.68. The van der Waals surface area contributed by atoms with Gasteiger partial charge in [-0.05, 0) is 23.6 Å². The number of anilines is 1. The second-order valence-electron chi connectivity index (χ2n) is 4.56. The highest BCUT2D eigenvalue weighted by atomic mass is 35.5. The van der Waals surface area contributed by atoms with Gasteiger partial charge in [-0.1, -0.05) is 60.7 Å². The Morgan fingerprint density at radius 3 is 2.68 bits per heavy atom. The van der Waals surface area contributed by atoms with Crippen molar-refractivity contribution in [3.8, 4) is 0 Å². The van der Waals surface area contributed by atoms with E-state index in [0.717, 1.165) is 26.8 Å². The van der Waals surface area contributed by atoms with Crippen molar-refractivity contribution in [2.45, 2.75) is 23.9 Å². The van der Waals surface area contributed by atoms with Gasteiger partial charge in [-0.3, -0.25) is 0 Å². The summed E-state index contributed by atoms with van der Waals surface area (Å²) in [6.07, 6.45) is 0. The molecule has 0 fully saturated rings. The minimum absolute atomic E-state index is 0.606. The van der Waals surface area contributed by atoms with Gasteiger partial charge in [0.05, 0.1) is 0 Å². The molecule has 6 heteroatoms. The van der Waals surface area contributed by atoms with Crippen LogP contribution in [0.25, 0.3) is 0 Å². The Labute approximate surface area is 126 Å². The summed E-state index contributed by atoms with van der Waals surface area (Å²) in [5.41, 5.74) is 1.24. The molecule has 3 nitrogen and oxygen atoms in total. The average Bonchev–Trinajstić information content (AvgIpc) is 2.84. The van der Waals surface area contributed by atoms with Gasteiger partial charge in [0, 0.05) is 17.3 Å². The molecule has 1 aromatic heterocycles. The first-order valence-electron chi connectivity index (χ1n) is 6.08. The maximum absolute atomic E-state index is 5.86. The summed E-state index contributed by atoms with van der Waals surface area (Å²) < 4.78 is 0.987. The van der Waals surface area contributed by atoms with Crippen LogP contribution in [0.3, 0.4) is 0 Å². The lowest BCUT2D eigenvalue weighted by Crippen LogP contribution is -2.07. The minimum Gasteiger partial charge on any atom is -0.360 e. The van der Waals surface area contributed by atoms with Gasteiger partial charge in [-0.2, -0.15) is 0 Å². The number of thioether (sulfide) groups is 1. The number of nitrogens with zero attached hydrogens (tertiary/aromatic N) is 2. The van der Waals surface area contributed by atoms with E-state index in [-0.39, 0.29) is 0 Å². The smallest absolute Gasteiger partial charge is 0.206 e. The van der Waals surface area contributed by atoms with Crippen molar-refractivity contribution in [3.05, 3.63) is 34.9 Å². The van der Waals surface area contributed by atoms with Crippen LogP contribution in [-0.4, -0.2) is 16.7 Å². The highest BCUT2D eigenvalue weighted by Gasteiger charge is 2.05. The van der Waals surface area contributed by atoms with Gasteiger partial charge in [0.25, 0.3) is 0 Å². The van der Waals surface area contributed by atoms with Gasteiger partial charge in [0.15, 0.2) is 4.34 Å². The number of hydrogen-bond donors (Lipinski definition) is 1. The molecule has 0 aliphatic heterocycles. The quantitative estimate of drug-likeness (QED) is 0.794. The van der Waals surface area contributed by atoms with E-state index in [1.165, 1.54) is 5.56 Å². The minimum atomic E-state index is 0.606. The summed E-state index contributed by atoms with van der Waals surface area (Å²) in [5.74, 6) is 1.49. The second kappa shape index (κ2) is 7.12. The Morgan fingerprint density at radius 2 is 2.00 bits per heavy atom. The molecule has 2 aromatic rings. The lowest BCUT2D eigenvalue weighted by atomic mass is 10.2. The summed E-state index contributed by atoms with van der Waals surface area (Å²) in [6.45, 7) is 5.27. The standard InChI is InChI=1S/C13H16ClN3S2/c1-9(2)7-15-12-16-17-13(19-12)18-8-10-3-5-11(14)6-4-10/h3-6,9H,7-8H2,1-2H3,(H,15,16). The molecule has 102 valence electrons. The summed E-state index contributed by atoms with van der Waals surface area (Å²) >= 11 is 9.15. The Balaban J connectivity index is 1.84. The molecule has 0 saturated heterocycles. The molecule has 0 unspecified atom stereocenters. The van der Waals surface area contributed by atoms with Crippen LogP contribution >= 0.6 is 34.7 Å². The van der Waals surface area contributed by atoms with Gasteiger partial charge in [-0.15, -0.1) is 10.2 Å². The number of hydrogen-bond acceptors (Lipinski definition) is 5. The first-order chi connectivity index (χ1) is 9.13. The molecule has 0 atom stereocenters. The molecule has 0 aliphatic rings. The van der Waals surface area contributed by atoms with Crippen molar-refractivity contribution >= 4 is 39.8 Å². The highest BCUT2D eigenvalue weighted by Crippen LogP contribution is 2.28. The summed E-state index contributed by atoms with van der Waals surface area (Å²) in [7, 11) is 0. The second-order valence-corrected chi connectivity index (χ2v) is 7.20. The normalized spacial score (nSPS) is 10.9. The highest BCUT2D eigenvalue weighted by molar-refractivity contribution is 8.00. The molecule has 2 rings (SSSR count). The molecule has 0 amide bonds. The molecule has 0 radical (unpaired) electrons. The largest absolute Gasteiger partial charge is 0.360 e. The van der Waals surface area contributed by atoms with Crippen LogP contribution in [-0.2, 0) is 5.75 Å². The molecule has 0 spiro atoms. The summed E-state index contributed by atoms with van der Waals surface area (Å²) in [6, 6.07) is 7.89. The monoisotopic (exact) mass is 313 g/mol. The summed E-state index contributed by atoms with van der Waals surface area (Å²) in [4.78, 5) is 0. The van der Waals surface area contributed by atoms with Crippen LogP contribution in [0.2, 0.25) is 5.02 Å². The zero-order valence-corrected chi connectivity index (χ0v) is 13.3. The predicted octanol–water partition coefficient (Wildman–Crippen LogP) is 4.55. The predicted molar refractivity (Wildman–Crippen MR) is 84.2 cm³/mol. The van der Waals surface area contributed by atoms with Crippen molar-refractivity contribution < 1.29 is 0 Å². The van der Waals surface area contributed by atoms with Crippen molar-refractivity contribution in [1.29, 1.82) is 0 Å². The van der Waals surface area contributed by atoms with Gasteiger partial charge in [-0.25, -0.2) is 0 Å². The van der Waals surface area contributed by atoms with E-state index in [9.17, 15) is 0 Å². The van der Waals surface area contributed by atoms with Crippen molar-refractivity contribution in [1.82, 2.24) is 10.2 Å². The Kier molecular flexibility index (Phi) is 5.48. The molecule has 1 aromatic carbocycles. The van der Waals surface area contributed by atoms with Gasteiger partial charge >= 0.3 is 0 Å². The van der Waals surface area contributed by atoms with Gasteiger partial charge < -0.3 is 5.32 Å². The lowest BCUT2D eigenvalue weighted by molar-refractivity contribution is 0.687. The number of aromatic nitrogens is 2. The zero-order valence-electron chi connectivity index (χ0n) is 10.9. The third kappa shape index (κ3) is 5.01. The molecule has 1 heterocycles. The van der Waals surface area contributed by atoms with Crippen LogP contribution in [0.1, 0.15) is 19.4 Å². The first-order valence-corrected chi connectivity index (χ1v) is 8.26. The van der Waals surface area contributed by atoms with Crippen molar-refractivity contribution in [2.75, 3.05) is 11.9 Å². The lowest BCUT2D eigenvalue weighted by Gasteiger charge is -2.03. The number of nitrogens with one attached hydrogen (secondary N) is 1. The van der Waals surface area contributed by atoms with E-state index in [4.69, 9.17) is 11.6 Å². The summed E-state index contributed by atoms with van der Waals surface area (Å²) in [5, 5.41) is 13.2. The topological polar surface area (TPSA) is 37.8 Å². The SMILES string of the molecule is CC(C)CNc1nnc(SCc2ccc(Cl)cc2)s1. The fourth-order valence-corrected chi connectivity index (χ4v) is 3.20. The van der Waals surface area contributed by atoms with Crippen LogP contribution < -0.4 is 5.32 Å². The molecular formula is C13H16ClN3S2. The molecular weight excluding hydrogens is 298 g/mol. The van der Waals surface area contributed by atoms with Crippen LogP contribution in [0.15, 0.2) is 28.6 Å². The van der Waals surface area contributed by atoms with Crippen molar-refractivity contribution in [3.63, 3.8) is 0 Å². The average molecular weight is 314 g/mol. The fourth-order valence-electron chi connectivity index (χ4n) is 1.36. The van der Waals surface area contributed by atoms with Crippen molar-refractivity contribution in [2.24, 2.45) is 5.92 Å². The molecule has 0 saturated carbocycles. The zero-order chi connectivity index (χ0) is 13.7. The van der Waals surface area contributed by atoms with E-state index in [1.807, 2.05) is 24.3 Å². The fraction of sp³-hybridized carbons (Fsp3) is 0.385. The Bertz CT molecular complexity index is 511. The van der Waals surface area contributed by atoms with E-state index < -0.39 is 0 Å². The Hall–Kier alpha value is -0.780. The van der Waals surface area contributed by atoms with E-state index in [0.29, 0.717) is 5.92 Å². The Morgan fingerprint density at radius 1 is 1.26 bits per heavy atom. The van der Waals surface area contributed by atoms with E-state index in [1.54, 1.807) is 23.1 Å². The first kappa shape index (κ1) is 14.6.